The minimum atomic E-state index is 0.0387. The first-order valence-corrected chi connectivity index (χ1v) is 7.70. The molecule has 0 bridgehead atoms. The predicted molar refractivity (Wildman–Crippen MR) is 87.2 cm³/mol. The van der Waals surface area contributed by atoms with E-state index in [-0.39, 0.29) is 12.0 Å². The van der Waals surface area contributed by atoms with Gasteiger partial charge in [0.25, 0.3) is 0 Å². The lowest BCUT2D eigenvalue weighted by Crippen LogP contribution is -2.56. The zero-order valence-electron chi connectivity index (χ0n) is 12.6. The monoisotopic (exact) mass is 307 g/mol. The second-order valence-corrected chi connectivity index (χ2v) is 5.74. The number of nitrogens with zero attached hydrogens (tertiary/aromatic N) is 2. The zero-order valence-corrected chi connectivity index (χ0v) is 12.6. The second-order valence-electron chi connectivity index (χ2n) is 5.74. The summed E-state index contributed by atoms with van der Waals surface area (Å²) in [6, 6.07) is 13.6. The summed E-state index contributed by atoms with van der Waals surface area (Å²) in [7, 11) is 0. The number of fused-ring (bicyclic) bond motifs is 1. The van der Waals surface area contributed by atoms with Crippen molar-refractivity contribution < 1.29 is 9.53 Å². The Labute approximate surface area is 133 Å². The molecule has 4 rings (SSSR count). The number of hydrogen-bond acceptors (Lipinski definition) is 3. The van der Waals surface area contributed by atoms with Crippen LogP contribution < -0.4 is 4.74 Å². The summed E-state index contributed by atoms with van der Waals surface area (Å²) in [6.45, 7) is 1.25. The highest BCUT2D eigenvalue weighted by Crippen LogP contribution is 2.21. The van der Waals surface area contributed by atoms with E-state index >= 15 is 0 Å². The highest BCUT2D eigenvalue weighted by atomic mass is 16.5. The van der Waals surface area contributed by atoms with Gasteiger partial charge in [-0.15, -0.1) is 0 Å². The first-order chi connectivity index (χ1) is 11.3. The smallest absolute Gasteiger partial charge is 0.227 e. The van der Waals surface area contributed by atoms with Gasteiger partial charge in [0.15, 0.2) is 0 Å². The maximum absolute atomic E-state index is 12.4. The molecule has 1 aliphatic heterocycles. The number of H-pyrrole nitrogens is 1. The van der Waals surface area contributed by atoms with Gasteiger partial charge in [-0.1, -0.05) is 24.3 Å². The van der Waals surface area contributed by atoms with Gasteiger partial charge >= 0.3 is 0 Å². The van der Waals surface area contributed by atoms with Crippen molar-refractivity contribution in [1.29, 1.82) is 0 Å². The lowest BCUT2D eigenvalue weighted by atomic mass is 10.1. The Bertz CT molecular complexity index is 822. The molecule has 1 amide bonds. The number of amides is 1. The minimum Gasteiger partial charge on any atom is -0.471 e. The van der Waals surface area contributed by atoms with Crippen LogP contribution in [0.15, 0.2) is 54.9 Å². The van der Waals surface area contributed by atoms with E-state index in [0.29, 0.717) is 25.4 Å². The Morgan fingerprint density at radius 2 is 2.04 bits per heavy atom. The molecule has 0 atom stereocenters. The lowest BCUT2D eigenvalue weighted by Gasteiger charge is -2.38. The molecule has 0 unspecified atom stereocenters. The van der Waals surface area contributed by atoms with Gasteiger partial charge in [-0.2, -0.15) is 0 Å². The number of nitrogens with one attached hydrogen (secondary N) is 1. The van der Waals surface area contributed by atoms with Crippen molar-refractivity contribution in [2.45, 2.75) is 12.5 Å². The number of carbonyl (C=O) groups is 1. The van der Waals surface area contributed by atoms with Crippen molar-refractivity contribution in [3.63, 3.8) is 0 Å². The highest BCUT2D eigenvalue weighted by molar-refractivity contribution is 5.89. The van der Waals surface area contributed by atoms with Crippen molar-refractivity contribution in [3.8, 4) is 5.88 Å². The van der Waals surface area contributed by atoms with Crippen LogP contribution in [0.4, 0.5) is 0 Å². The van der Waals surface area contributed by atoms with E-state index < -0.39 is 0 Å². The van der Waals surface area contributed by atoms with E-state index in [1.54, 1.807) is 6.20 Å². The molecule has 0 radical (unpaired) electrons. The largest absolute Gasteiger partial charge is 0.471 e. The zero-order chi connectivity index (χ0) is 15.6. The van der Waals surface area contributed by atoms with E-state index in [9.17, 15) is 4.79 Å². The third-order valence-electron chi connectivity index (χ3n) is 4.14. The van der Waals surface area contributed by atoms with Crippen LogP contribution in [0.3, 0.4) is 0 Å². The van der Waals surface area contributed by atoms with Crippen molar-refractivity contribution in [1.82, 2.24) is 14.9 Å². The molecule has 0 aliphatic carbocycles. The van der Waals surface area contributed by atoms with Crippen LogP contribution in [0.5, 0.6) is 5.88 Å². The van der Waals surface area contributed by atoms with Crippen LogP contribution in [0.1, 0.15) is 5.56 Å². The van der Waals surface area contributed by atoms with Crippen LogP contribution in [0, 0.1) is 0 Å². The van der Waals surface area contributed by atoms with Gasteiger partial charge in [0.1, 0.15) is 6.10 Å². The summed E-state index contributed by atoms with van der Waals surface area (Å²) < 4.78 is 5.72. The molecule has 0 saturated carbocycles. The minimum absolute atomic E-state index is 0.0387. The fraction of sp³-hybridized carbons (Fsp3) is 0.222. The number of likely N-dealkylation sites (tertiary alicyclic amines) is 1. The summed E-state index contributed by atoms with van der Waals surface area (Å²) in [6.07, 6.45) is 4.08. The lowest BCUT2D eigenvalue weighted by molar-refractivity contribution is -0.139. The molecule has 23 heavy (non-hydrogen) atoms. The van der Waals surface area contributed by atoms with E-state index in [0.717, 1.165) is 16.5 Å². The molecule has 1 aromatic carbocycles. The number of aromatic nitrogens is 2. The topological polar surface area (TPSA) is 58.2 Å². The van der Waals surface area contributed by atoms with Gasteiger partial charge < -0.3 is 14.6 Å². The maximum Gasteiger partial charge on any atom is 0.227 e. The standard InChI is InChI=1S/C18H17N3O2/c22-18(9-13-10-20-16-6-2-1-5-15(13)16)21-11-14(12-21)23-17-7-3-4-8-19-17/h1-8,10,14,20H,9,11-12H2. The number of carbonyl (C=O) groups excluding carboxylic acids is 1. The van der Waals surface area contributed by atoms with Gasteiger partial charge in [0.05, 0.1) is 19.5 Å². The van der Waals surface area contributed by atoms with E-state index in [1.165, 1.54) is 0 Å². The summed E-state index contributed by atoms with van der Waals surface area (Å²) in [4.78, 5) is 21.5. The molecule has 5 nitrogen and oxygen atoms in total. The number of benzene rings is 1. The molecule has 2 aromatic heterocycles. The van der Waals surface area contributed by atoms with E-state index in [1.807, 2.05) is 53.6 Å². The van der Waals surface area contributed by atoms with Gasteiger partial charge in [-0.05, 0) is 17.7 Å². The Balaban J connectivity index is 1.35. The van der Waals surface area contributed by atoms with Crippen LogP contribution in [-0.2, 0) is 11.2 Å². The normalized spacial score (nSPS) is 14.7. The van der Waals surface area contributed by atoms with Gasteiger partial charge in [0.2, 0.25) is 11.8 Å². The quantitative estimate of drug-likeness (QED) is 0.805. The molecule has 1 aliphatic rings. The van der Waals surface area contributed by atoms with Crippen LogP contribution in [-0.4, -0.2) is 40.0 Å². The van der Waals surface area contributed by atoms with Crippen molar-refractivity contribution in [3.05, 3.63) is 60.4 Å². The molecule has 3 aromatic rings. The Morgan fingerprint density at radius 3 is 2.87 bits per heavy atom. The van der Waals surface area contributed by atoms with Crippen molar-refractivity contribution in [2.75, 3.05) is 13.1 Å². The van der Waals surface area contributed by atoms with Crippen LogP contribution >= 0.6 is 0 Å². The number of aromatic amines is 1. The molecule has 5 heteroatoms. The number of hydrogen-bond donors (Lipinski definition) is 1. The third-order valence-corrected chi connectivity index (χ3v) is 4.14. The SMILES string of the molecule is O=C(Cc1c[nH]c2ccccc12)N1CC(Oc2ccccn2)C1. The molecule has 3 heterocycles. The van der Waals surface area contributed by atoms with Gasteiger partial charge in [-0.25, -0.2) is 4.98 Å². The molecule has 1 fully saturated rings. The van der Waals surface area contributed by atoms with Crippen molar-refractivity contribution in [2.24, 2.45) is 0 Å². The van der Waals surface area contributed by atoms with Crippen LogP contribution in [0.2, 0.25) is 0 Å². The average Bonchev–Trinajstić information content (AvgIpc) is 2.94. The summed E-state index contributed by atoms with van der Waals surface area (Å²) >= 11 is 0. The van der Waals surface area contributed by atoms with Gasteiger partial charge in [0, 0.05) is 29.4 Å². The third kappa shape index (κ3) is 2.77. The van der Waals surface area contributed by atoms with Crippen LogP contribution in [0.25, 0.3) is 10.9 Å². The number of ether oxygens (including phenoxy) is 1. The Hall–Kier alpha value is -2.82. The molecular formula is C18H17N3O2. The number of pyridine rings is 1. The predicted octanol–water partition coefficient (Wildman–Crippen LogP) is 2.40. The molecule has 1 saturated heterocycles. The fourth-order valence-electron chi connectivity index (χ4n) is 2.86. The molecule has 0 spiro atoms. The fourth-order valence-corrected chi connectivity index (χ4v) is 2.86. The van der Waals surface area contributed by atoms with E-state index in [4.69, 9.17) is 4.74 Å². The number of rotatable bonds is 4. The first kappa shape index (κ1) is 13.8. The van der Waals surface area contributed by atoms with Crippen molar-refractivity contribution >= 4 is 16.8 Å². The highest BCUT2D eigenvalue weighted by Gasteiger charge is 2.32. The Kier molecular flexibility index (Phi) is 3.46. The molecule has 1 N–H and O–H groups in total. The maximum atomic E-state index is 12.4. The summed E-state index contributed by atoms with van der Waals surface area (Å²) in [5.74, 6) is 0.747. The second kappa shape index (κ2) is 5.76. The first-order valence-electron chi connectivity index (χ1n) is 7.70. The Morgan fingerprint density at radius 1 is 1.22 bits per heavy atom. The average molecular weight is 307 g/mol. The molecular weight excluding hydrogens is 290 g/mol. The van der Waals surface area contributed by atoms with Gasteiger partial charge in [-0.3, -0.25) is 4.79 Å². The van der Waals surface area contributed by atoms with E-state index in [2.05, 4.69) is 9.97 Å². The summed E-state index contributed by atoms with van der Waals surface area (Å²) in [5.41, 5.74) is 2.11. The number of para-hydroxylation sites is 1. The molecule has 116 valence electrons. The summed E-state index contributed by atoms with van der Waals surface area (Å²) in [5, 5.41) is 1.11.